The van der Waals surface area contributed by atoms with Crippen molar-refractivity contribution in [3.63, 3.8) is 0 Å². The van der Waals surface area contributed by atoms with Gasteiger partial charge in [0.25, 0.3) is 0 Å². The second-order valence-electron chi connectivity index (χ2n) is 5.77. The molecular weight excluding hydrogens is 340 g/mol. The molecule has 25 heavy (non-hydrogen) atoms. The van der Waals surface area contributed by atoms with Gasteiger partial charge in [0.15, 0.2) is 17.5 Å². The van der Waals surface area contributed by atoms with Crippen LogP contribution >= 0.6 is 0 Å². The van der Waals surface area contributed by atoms with Crippen molar-refractivity contribution in [2.75, 3.05) is 10.6 Å². The molecule has 0 unspecified atom stereocenters. The number of benzene rings is 2. The largest absolute Gasteiger partial charge is 0.325 e. The van der Waals surface area contributed by atoms with Crippen molar-refractivity contribution in [2.45, 2.75) is 13.8 Å². The number of hydrogen-bond acceptors (Lipinski definition) is 2. The Morgan fingerprint density at radius 2 is 1.52 bits per heavy atom. The zero-order valence-corrected chi connectivity index (χ0v) is 13.3. The van der Waals surface area contributed by atoms with Crippen LogP contribution < -0.4 is 10.6 Å². The van der Waals surface area contributed by atoms with Gasteiger partial charge in [-0.3, -0.25) is 9.59 Å². The predicted octanol–water partition coefficient (Wildman–Crippen LogP) is 3.85. The van der Waals surface area contributed by atoms with Crippen LogP contribution in [0.1, 0.15) is 13.8 Å². The monoisotopic (exact) mass is 354 g/mol. The van der Waals surface area contributed by atoms with Gasteiger partial charge in [0.05, 0.1) is 5.69 Å². The van der Waals surface area contributed by atoms with Gasteiger partial charge in [0.2, 0.25) is 11.8 Å². The van der Waals surface area contributed by atoms with E-state index in [1.165, 1.54) is 32.0 Å². The first kappa shape index (κ1) is 18.4. The maximum absolute atomic E-state index is 13.6. The highest BCUT2D eigenvalue weighted by atomic mass is 19.2. The van der Waals surface area contributed by atoms with Gasteiger partial charge in [0, 0.05) is 5.69 Å². The van der Waals surface area contributed by atoms with E-state index < -0.39 is 46.2 Å². The zero-order valence-electron chi connectivity index (χ0n) is 13.3. The number of halogens is 4. The lowest BCUT2D eigenvalue weighted by molar-refractivity contribution is -0.135. The van der Waals surface area contributed by atoms with E-state index in [0.717, 1.165) is 12.1 Å². The third kappa shape index (κ3) is 3.96. The van der Waals surface area contributed by atoms with E-state index in [2.05, 4.69) is 5.32 Å². The van der Waals surface area contributed by atoms with Crippen molar-refractivity contribution < 1.29 is 27.2 Å². The molecule has 0 spiro atoms. The number of hydrogen-bond donors (Lipinski definition) is 2. The summed E-state index contributed by atoms with van der Waals surface area (Å²) in [7, 11) is 0. The van der Waals surface area contributed by atoms with Crippen LogP contribution in [0.2, 0.25) is 0 Å². The molecule has 0 aliphatic rings. The number of anilines is 2. The lowest BCUT2D eigenvalue weighted by Gasteiger charge is -2.23. The highest BCUT2D eigenvalue weighted by molar-refractivity contribution is 6.14. The highest BCUT2D eigenvalue weighted by Crippen LogP contribution is 2.25. The molecule has 0 saturated heterocycles. The maximum Gasteiger partial charge on any atom is 0.239 e. The molecule has 0 bridgehead atoms. The van der Waals surface area contributed by atoms with Gasteiger partial charge in [-0.1, -0.05) is 6.07 Å². The fraction of sp³-hybridized carbons (Fsp3) is 0.176. The number of rotatable bonds is 4. The van der Waals surface area contributed by atoms with Crippen LogP contribution in [0.4, 0.5) is 28.9 Å². The van der Waals surface area contributed by atoms with Crippen LogP contribution in [0.5, 0.6) is 0 Å². The molecule has 0 aliphatic heterocycles. The predicted molar refractivity (Wildman–Crippen MR) is 83.8 cm³/mol. The fourth-order valence-electron chi connectivity index (χ4n) is 1.86. The minimum absolute atomic E-state index is 0.130. The van der Waals surface area contributed by atoms with Crippen LogP contribution in [-0.2, 0) is 9.59 Å². The van der Waals surface area contributed by atoms with Gasteiger partial charge >= 0.3 is 0 Å². The molecule has 0 heterocycles. The molecule has 0 atom stereocenters. The van der Waals surface area contributed by atoms with Crippen molar-refractivity contribution in [3.8, 4) is 0 Å². The molecular formula is C17H14F4N2O2. The zero-order chi connectivity index (χ0) is 18.8. The summed E-state index contributed by atoms with van der Waals surface area (Å²) < 4.78 is 52.9. The summed E-state index contributed by atoms with van der Waals surface area (Å²) in [4.78, 5) is 24.5. The second-order valence-corrected chi connectivity index (χ2v) is 5.77. The van der Waals surface area contributed by atoms with Crippen molar-refractivity contribution in [1.82, 2.24) is 0 Å². The first-order chi connectivity index (χ1) is 11.6. The summed E-state index contributed by atoms with van der Waals surface area (Å²) in [6, 6.07) is 6.51. The molecule has 2 N–H and O–H groups in total. The topological polar surface area (TPSA) is 58.2 Å². The summed E-state index contributed by atoms with van der Waals surface area (Å²) in [6.07, 6.45) is 0. The maximum atomic E-state index is 13.6. The molecule has 2 amide bonds. The van der Waals surface area contributed by atoms with Crippen LogP contribution in [0.15, 0.2) is 36.4 Å². The average Bonchev–Trinajstić information content (AvgIpc) is 2.55. The Morgan fingerprint density at radius 3 is 2.16 bits per heavy atom. The highest BCUT2D eigenvalue weighted by Gasteiger charge is 2.37. The van der Waals surface area contributed by atoms with Gasteiger partial charge < -0.3 is 10.6 Å². The minimum Gasteiger partial charge on any atom is -0.325 e. The van der Waals surface area contributed by atoms with Gasteiger partial charge in [0.1, 0.15) is 11.2 Å². The lowest BCUT2D eigenvalue weighted by Crippen LogP contribution is -2.41. The first-order valence-electron chi connectivity index (χ1n) is 7.15. The smallest absolute Gasteiger partial charge is 0.239 e. The number of carbonyl (C=O) groups is 2. The molecule has 2 aromatic rings. The van der Waals surface area contributed by atoms with Crippen molar-refractivity contribution >= 4 is 23.2 Å². The van der Waals surface area contributed by atoms with Gasteiger partial charge in [-0.15, -0.1) is 0 Å². The summed E-state index contributed by atoms with van der Waals surface area (Å²) in [5.74, 6) is -7.04. The Kier molecular flexibility index (Phi) is 5.10. The summed E-state index contributed by atoms with van der Waals surface area (Å²) in [5, 5.41) is 4.40. The third-order valence-corrected chi connectivity index (χ3v) is 3.50. The normalized spacial score (nSPS) is 11.1. The summed E-state index contributed by atoms with van der Waals surface area (Å²) in [5.41, 5.74) is -2.18. The fourth-order valence-corrected chi connectivity index (χ4v) is 1.86. The molecule has 0 fully saturated rings. The van der Waals surface area contributed by atoms with E-state index in [-0.39, 0.29) is 5.69 Å². The van der Waals surface area contributed by atoms with Gasteiger partial charge in [-0.05, 0) is 44.2 Å². The Labute approximate surface area is 140 Å². The van der Waals surface area contributed by atoms with Gasteiger partial charge in [-0.25, -0.2) is 17.6 Å². The van der Waals surface area contributed by atoms with Crippen LogP contribution in [-0.4, -0.2) is 11.8 Å². The van der Waals surface area contributed by atoms with Crippen LogP contribution in [0.3, 0.4) is 0 Å². The Morgan fingerprint density at radius 1 is 0.880 bits per heavy atom. The van der Waals surface area contributed by atoms with Crippen molar-refractivity contribution in [2.24, 2.45) is 5.41 Å². The Bertz CT molecular complexity index is 837. The average molecular weight is 354 g/mol. The molecule has 2 aromatic carbocycles. The summed E-state index contributed by atoms with van der Waals surface area (Å²) in [6.45, 7) is 2.49. The van der Waals surface area contributed by atoms with E-state index in [1.54, 1.807) is 0 Å². The lowest BCUT2D eigenvalue weighted by atomic mass is 9.90. The van der Waals surface area contributed by atoms with Crippen molar-refractivity contribution in [3.05, 3.63) is 59.7 Å². The number of nitrogens with one attached hydrogen (secondary N) is 2. The molecule has 2 rings (SSSR count). The quantitative estimate of drug-likeness (QED) is 0.498. The van der Waals surface area contributed by atoms with Crippen molar-refractivity contribution in [1.29, 1.82) is 0 Å². The molecule has 8 heteroatoms. The van der Waals surface area contributed by atoms with E-state index in [9.17, 15) is 27.2 Å². The van der Waals surface area contributed by atoms with Crippen LogP contribution in [0.25, 0.3) is 0 Å². The van der Waals surface area contributed by atoms with E-state index >= 15 is 0 Å². The second kappa shape index (κ2) is 6.92. The first-order valence-corrected chi connectivity index (χ1v) is 7.15. The standard InChI is InChI=1S/C17H14F4N2O2/c1-17(2,15(24)22-10-5-3-4-9(18)8-10)16(25)23-12-7-6-11(19)13(20)14(12)21/h3-8H,1-2H3,(H,22,24)(H,23,25). The SMILES string of the molecule is CC(C)(C(=O)Nc1cccc(F)c1)C(=O)Nc1ccc(F)c(F)c1F. The summed E-state index contributed by atoms with van der Waals surface area (Å²) >= 11 is 0. The van der Waals surface area contributed by atoms with Crippen LogP contribution in [0, 0.1) is 28.7 Å². The number of amides is 2. The molecule has 0 aromatic heterocycles. The Hall–Kier alpha value is -2.90. The molecule has 132 valence electrons. The molecule has 0 radical (unpaired) electrons. The molecule has 0 saturated carbocycles. The molecule has 0 aliphatic carbocycles. The van der Waals surface area contributed by atoms with Gasteiger partial charge in [-0.2, -0.15) is 0 Å². The third-order valence-electron chi connectivity index (χ3n) is 3.50. The van der Waals surface area contributed by atoms with E-state index in [1.807, 2.05) is 5.32 Å². The Balaban J connectivity index is 2.16. The molecule has 4 nitrogen and oxygen atoms in total. The number of carbonyl (C=O) groups excluding carboxylic acids is 2. The van der Waals surface area contributed by atoms with E-state index in [0.29, 0.717) is 6.07 Å². The van der Waals surface area contributed by atoms with E-state index in [4.69, 9.17) is 0 Å². The minimum atomic E-state index is -1.74.